The van der Waals surface area contributed by atoms with Gasteiger partial charge in [-0.25, -0.2) is 4.79 Å². The van der Waals surface area contributed by atoms with E-state index in [1.807, 2.05) is 0 Å². The average Bonchev–Trinajstić information content (AvgIpc) is 2.49. The number of esters is 1. The van der Waals surface area contributed by atoms with Crippen LogP contribution >= 0.6 is 0 Å². The van der Waals surface area contributed by atoms with Crippen molar-refractivity contribution in [3.05, 3.63) is 0 Å². The van der Waals surface area contributed by atoms with E-state index in [2.05, 4.69) is 4.74 Å². The van der Waals surface area contributed by atoms with E-state index >= 15 is 0 Å². The van der Waals surface area contributed by atoms with Crippen LogP contribution in [-0.2, 0) is 23.9 Å². The van der Waals surface area contributed by atoms with Crippen molar-refractivity contribution in [1.29, 1.82) is 0 Å². The van der Waals surface area contributed by atoms with Gasteiger partial charge >= 0.3 is 17.9 Å². The van der Waals surface area contributed by atoms with Gasteiger partial charge in [-0.3, -0.25) is 14.4 Å². The largest absolute Gasteiger partial charge is 0.481 e. The van der Waals surface area contributed by atoms with Crippen molar-refractivity contribution in [2.75, 3.05) is 13.2 Å². The Morgan fingerprint density at radius 3 is 1.92 bits per heavy atom. The molecule has 0 aromatic carbocycles. The molecule has 0 aromatic rings. The molecule has 25 heavy (non-hydrogen) atoms. The molecule has 0 rings (SSSR count). The zero-order chi connectivity index (χ0) is 19.1. The smallest absolute Gasteiger partial charge is 0.336 e. The van der Waals surface area contributed by atoms with Crippen LogP contribution in [0.15, 0.2) is 0 Å². The first kappa shape index (κ1) is 25.1. The molecular formula is C12H21NO12. The molecule has 0 fully saturated rings. The van der Waals surface area contributed by atoms with E-state index < -0.39 is 73.7 Å². The van der Waals surface area contributed by atoms with Gasteiger partial charge in [0, 0.05) is 0 Å². The normalized spacial score (nSPS) is 16.5. The van der Waals surface area contributed by atoms with Crippen LogP contribution in [0.5, 0.6) is 0 Å². The number of carboxylic acid groups (broad SMARTS) is 2. The summed E-state index contributed by atoms with van der Waals surface area (Å²) in [5.41, 5.74) is -2.95. The Balaban J connectivity index is 0. The second-order valence-corrected chi connectivity index (χ2v) is 4.90. The van der Waals surface area contributed by atoms with Gasteiger partial charge in [0.1, 0.15) is 18.3 Å². The molecule has 0 aliphatic carbocycles. The van der Waals surface area contributed by atoms with Crippen molar-refractivity contribution in [3.63, 3.8) is 0 Å². The van der Waals surface area contributed by atoms with Crippen LogP contribution in [-0.4, -0.2) is 96.6 Å². The molecule has 0 heterocycles. The lowest BCUT2D eigenvalue weighted by atomic mass is 9.96. The molecule has 0 aliphatic heterocycles. The van der Waals surface area contributed by atoms with Crippen LogP contribution in [0.25, 0.3) is 0 Å². The van der Waals surface area contributed by atoms with Crippen LogP contribution < -0.4 is 6.15 Å². The predicted octanol–water partition coefficient (Wildman–Crippen LogP) is -3.98. The molecule has 0 bridgehead atoms. The Morgan fingerprint density at radius 1 is 1.00 bits per heavy atom. The summed E-state index contributed by atoms with van der Waals surface area (Å²) in [4.78, 5) is 44.2. The summed E-state index contributed by atoms with van der Waals surface area (Å²) in [6, 6.07) is 0. The average molecular weight is 371 g/mol. The third-order valence-electron chi connectivity index (χ3n) is 2.89. The highest BCUT2D eigenvalue weighted by atomic mass is 16.5. The van der Waals surface area contributed by atoms with Gasteiger partial charge in [0.2, 0.25) is 5.78 Å². The minimum Gasteiger partial charge on any atom is -0.481 e. The van der Waals surface area contributed by atoms with Crippen LogP contribution in [0.4, 0.5) is 0 Å². The Bertz CT molecular complexity index is 494. The van der Waals surface area contributed by atoms with Crippen LogP contribution in [0, 0.1) is 0 Å². The summed E-state index contributed by atoms with van der Waals surface area (Å²) in [5.74, 6) is -6.41. The van der Waals surface area contributed by atoms with Gasteiger partial charge < -0.3 is 46.6 Å². The summed E-state index contributed by atoms with van der Waals surface area (Å²) in [7, 11) is 0. The highest BCUT2D eigenvalue weighted by molar-refractivity contribution is 5.90. The summed E-state index contributed by atoms with van der Waals surface area (Å²) in [6.07, 6.45) is -8.65. The van der Waals surface area contributed by atoms with Gasteiger partial charge in [-0.1, -0.05) is 0 Å². The van der Waals surface area contributed by atoms with Crippen molar-refractivity contribution in [3.8, 4) is 0 Å². The topological polar surface area (TPSA) is 254 Å². The highest BCUT2D eigenvalue weighted by Gasteiger charge is 2.41. The number of ether oxygens (including phenoxy) is 1. The van der Waals surface area contributed by atoms with Gasteiger partial charge in [-0.15, -0.1) is 0 Å². The second-order valence-electron chi connectivity index (χ2n) is 4.90. The van der Waals surface area contributed by atoms with Crippen LogP contribution in [0.2, 0.25) is 0 Å². The Morgan fingerprint density at radius 2 is 1.52 bits per heavy atom. The Labute approximate surface area is 140 Å². The maximum Gasteiger partial charge on any atom is 0.336 e. The number of Topliss-reactive ketones (excluding diaryl/α,β-unsaturated/α-hetero) is 1. The van der Waals surface area contributed by atoms with Crippen molar-refractivity contribution in [2.24, 2.45) is 0 Å². The van der Waals surface area contributed by atoms with Gasteiger partial charge in [0.15, 0.2) is 12.2 Å². The quantitative estimate of drug-likeness (QED) is 0.161. The van der Waals surface area contributed by atoms with E-state index in [0.717, 1.165) is 0 Å². The Kier molecular flexibility index (Phi) is 10.7. The molecule has 0 amide bonds. The number of aliphatic hydroxyl groups is 5. The first-order valence-electron chi connectivity index (χ1n) is 6.45. The minimum absolute atomic E-state index is 0. The molecule has 10 N–H and O–H groups in total. The SMILES string of the molecule is N.O=C(O)CC(O)(CC(=O)OCC(=O)[C@H](O)[C@@H](O)[C@H](O)CO)C(=O)O. The van der Waals surface area contributed by atoms with Gasteiger partial charge in [0.25, 0.3) is 0 Å². The van der Waals surface area contributed by atoms with E-state index in [1.165, 1.54) is 0 Å². The van der Waals surface area contributed by atoms with E-state index in [0.29, 0.717) is 0 Å². The lowest BCUT2D eigenvalue weighted by Gasteiger charge is -2.21. The third-order valence-corrected chi connectivity index (χ3v) is 2.89. The first-order chi connectivity index (χ1) is 10.9. The highest BCUT2D eigenvalue weighted by Crippen LogP contribution is 2.17. The maximum absolute atomic E-state index is 11.4. The zero-order valence-corrected chi connectivity index (χ0v) is 12.9. The van der Waals surface area contributed by atoms with Crippen LogP contribution in [0.1, 0.15) is 12.8 Å². The van der Waals surface area contributed by atoms with Crippen molar-refractivity contribution in [2.45, 2.75) is 36.8 Å². The van der Waals surface area contributed by atoms with Gasteiger partial charge in [-0.05, 0) is 0 Å². The molecule has 0 radical (unpaired) electrons. The number of carboxylic acids is 2. The number of ketones is 1. The summed E-state index contributed by atoms with van der Waals surface area (Å²) in [6.45, 7) is -2.09. The summed E-state index contributed by atoms with van der Waals surface area (Å²) in [5, 5.41) is 63.1. The maximum atomic E-state index is 11.4. The molecule has 0 aromatic heterocycles. The first-order valence-corrected chi connectivity index (χ1v) is 6.45. The molecule has 0 saturated carbocycles. The molecule has 13 heteroatoms. The molecule has 4 atom stereocenters. The molecule has 0 saturated heterocycles. The summed E-state index contributed by atoms with van der Waals surface area (Å²) >= 11 is 0. The molecule has 0 aliphatic rings. The van der Waals surface area contributed by atoms with E-state index in [4.69, 9.17) is 20.4 Å². The molecule has 0 spiro atoms. The summed E-state index contributed by atoms with van der Waals surface area (Å²) < 4.78 is 4.30. The fourth-order valence-corrected chi connectivity index (χ4v) is 1.50. The van der Waals surface area contributed by atoms with Gasteiger partial charge in [0.05, 0.1) is 19.4 Å². The monoisotopic (exact) mass is 371 g/mol. The molecular weight excluding hydrogens is 350 g/mol. The fraction of sp³-hybridized carbons (Fsp3) is 0.667. The number of carbonyl (C=O) groups is 4. The van der Waals surface area contributed by atoms with Crippen molar-refractivity contribution in [1.82, 2.24) is 6.15 Å². The van der Waals surface area contributed by atoms with E-state index in [9.17, 15) is 34.5 Å². The molecule has 13 nitrogen and oxygen atoms in total. The fourth-order valence-electron chi connectivity index (χ4n) is 1.50. The van der Waals surface area contributed by atoms with Crippen LogP contribution in [0.3, 0.4) is 0 Å². The molecule has 1 unspecified atom stereocenters. The number of carbonyl (C=O) groups excluding carboxylic acids is 2. The number of hydrogen-bond donors (Lipinski definition) is 8. The standard InChI is InChI=1S/C12H18O12.H3N/c13-3-5(14)9(19)10(20)6(15)4-24-8(18)2-12(23,11(21)22)1-7(16)17;/h5,9-10,13-14,19-20,23H,1-4H2,(H,16,17)(H,21,22);1H3/t5-,9+,10+,12?;/m1./s1. The number of hydrogen-bond acceptors (Lipinski definition) is 11. The number of rotatable bonds is 11. The number of aliphatic carboxylic acids is 2. The van der Waals surface area contributed by atoms with Crippen molar-refractivity contribution < 1.29 is 59.7 Å². The minimum atomic E-state index is -2.95. The number of aliphatic hydroxyl groups excluding tert-OH is 4. The van der Waals surface area contributed by atoms with Gasteiger partial charge in [-0.2, -0.15) is 0 Å². The lowest BCUT2D eigenvalue weighted by molar-refractivity contribution is -0.173. The van der Waals surface area contributed by atoms with E-state index in [1.54, 1.807) is 0 Å². The van der Waals surface area contributed by atoms with E-state index in [-0.39, 0.29) is 6.15 Å². The third kappa shape index (κ3) is 7.97. The van der Waals surface area contributed by atoms with Crippen molar-refractivity contribution >= 4 is 23.7 Å². The zero-order valence-electron chi connectivity index (χ0n) is 12.9. The predicted molar refractivity (Wildman–Crippen MR) is 75.5 cm³/mol. The Hall–Kier alpha value is -2.16. The second kappa shape index (κ2) is 10.7. The lowest BCUT2D eigenvalue weighted by Crippen LogP contribution is -2.46. The molecule has 146 valence electrons.